The molecule has 0 aliphatic carbocycles. The van der Waals surface area contributed by atoms with Gasteiger partial charge in [0, 0.05) is 0 Å². The molecule has 2 saturated heterocycles. The number of nitrogens with one attached hydrogen (secondary N) is 1. The first kappa shape index (κ1) is 8.89. The van der Waals surface area contributed by atoms with E-state index in [4.69, 9.17) is 0 Å². The van der Waals surface area contributed by atoms with Gasteiger partial charge in [-0.25, -0.2) is 0 Å². The first-order chi connectivity index (χ1) is 5.97. The summed E-state index contributed by atoms with van der Waals surface area (Å²) in [6.45, 7) is 2.56. The Kier molecular flexibility index (Phi) is 3.35. The van der Waals surface area contributed by atoms with Crippen LogP contribution in [0.1, 0.15) is 25.7 Å². The fourth-order valence-corrected chi connectivity index (χ4v) is 3.70. The molecule has 2 rings (SSSR count). The van der Waals surface area contributed by atoms with Gasteiger partial charge in [-0.3, -0.25) is 0 Å². The third-order valence-corrected chi connectivity index (χ3v) is 4.44. The lowest BCUT2D eigenvalue weighted by Gasteiger charge is -2.32. The van der Waals surface area contributed by atoms with Crippen molar-refractivity contribution in [2.24, 2.45) is 11.8 Å². The molecule has 0 aromatic carbocycles. The Bertz CT molecular complexity index is 110. The van der Waals surface area contributed by atoms with Gasteiger partial charge in [-0.15, -0.1) is 0 Å². The van der Waals surface area contributed by atoms with E-state index in [9.17, 15) is 0 Å². The van der Waals surface area contributed by atoms with E-state index in [0.717, 1.165) is 11.8 Å². The second kappa shape index (κ2) is 4.52. The van der Waals surface area contributed by atoms with Gasteiger partial charge in [0.15, 0.2) is 0 Å². The molecule has 2 fully saturated rings. The Hall–Kier alpha value is 0.310. The van der Waals surface area contributed by atoms with Crippen molar-refractivity contribution in [2.45, 2.75) is 25.7 Å². The van der Waals surface area contributed by atoms with Gasteiger partial charge in [0.2, 0.25) is 0 Å². The first-order valence-corrected chi connectivity index (χ1v) is 6.41. The van der Waals surface area contributed by atoms with Crippen molar-refractivity contribution in [1.82, 2.24) is 5.32 Å². The summed E-state index contributed by atoms with van der Waals surface area (Å²) in [4.78, 5) is 0. The van der Waals surface area contributed by atoms with Crippen LogP contribution in [0.4, 0.5) is 0 Å². The number of rotatable bonds is 1. The van der Waals surface area contributed by atoms with E-state index >= 15 is 0 Å². The van der Waals surface area contributed by atoms with Gasteiger partial charge in [0.1, 0.15) is 0 Å². The summed E-state index contributed by atoms with van der Waals surface area (Å²) in [5, 5.41) is 3.52. The molecule has 70 valence electrons. The van der Waals surface area contributed by atoms with Gasteiger partial charge in [0.25, 0.3) is 0 Å². The van der Waals surface area contributed by atoms with Gasteiger partial charge in [-0.1, -0.05) is 0 Å². The second-order valence-corrected chi connectivity index (χ2v) is 5.23. The Labute approximate surface area is 79.7 Å². The highest BCUT2D eigenvalue weighted by molar-refractivity contribution is 7.99. The van der Waals surface area contributed by atoms with Crippen LogP contribution in [0, 0.1) is 11.8 Å². The molecule has 2 unspecified atom stereocenters. The molecule has 0 spiro atoms. The predicted octanol–water partition coefficient (Wildman–Crippen LogP) is 2.13. The highest BCUT2D eigenvalue weighted by Crippen LogP contribution is 2.31. The summed E-state index contributed by atoms with van der Waals surface area (Å²) in [7, 11) is 0. The van der Waals surface area contributed by atoms with Crippen molar-refractivity contribution >= 4 is 11.8 Å². The van der Waals surface area contributed by atoms with E-state index in [1.807, 2.05) is 0 Å². The molecule has 0 aromatic heterocycles. The average Bonchev–Trinajstić information content (AvgIpc) is 2.21. The monoisotopic (exact) mass is 185 g/mol. The molecule has 0 aromatic rings. The van der Waals surface area contributed by atoms with Crippen molar-refractivity contribution in [1.29, 1.82) is 0 Å². The molecule has 2 aliphatic rings. The summed E-state index contributed by atoms with van der Waals surface area (Å²) in [5.41, 5.74) is 0. The summed E-state index contributed by atoms with van der Waals surface area (Å²) < 4.78 is 0. The minimum atomic E-state index is 1.01. The number of piperidine rings is 1. The number of hydrogen-bond donors (Lipinski definition) is 1. The van der Waals surface area contributed by atoms with Crippen molar-refractivity contribution in [2.75, 3.05) is 24.6 Å². The number of thioether (sulfide) groups is 1. The lowest BCUT2D eigenvalue weighted by atomic mass is 9.84. The SMILES string of the molecule is C1CNCC(C2CCCSC2)C1. The molecule has 0 radical (unpaired) electrons. The maximum atomic E-state index is 3.52. The van der Waals surface area contributed by atoms with Crippen molar-refractivity contribution < 1.29 is 0 Å². The van der Waals surface area contributed by atoms with Crippen LogP contribution < -0.4 is 5.32 Å². The smallest absolute Gasteiger partial charge is 0.00176 e. The average molecular weight is 185 g/mol. The standard InChI is InChI=1S/C10H19NS/c1-3-9(7-11-5-1)10-4-2-6-12-8-10/h9-11H,1-8H2. The summed E-state index contributed by atoms with van der Waals surface area (Å²) in [6.07, 6.45) is 5.86. The van der Waals surface area contributed by atoms with Gasteiger partial charge in [-0.2, -0.15) is 11.8 Å². The van der Waals surface area contributed by atoms with Crippen LogP contribution in [0.3, 0.4) is 0 Å². The molecule has 2 aliphatic heterocycles. The molecule has 0 amide bonds. The quantitative estimate of drug-likeness (QED) is 0.671. The van der Waals surface area contributed by atoms with E-state index in [-0.39, 0.29) is 0 Å². The number of hydrogen-bond acceptors (Lipinski definition) is 2. The summed E-state index contributed by atoms with van der Waals surface area (Å²) in [6, 6.07) is 0. The largest absolute Gasteiger partial charge is 0.316 e. The lowest BCUT2D eigenvalue weighted by Crippen LogP contribution is -2.35. The molecule has 0 bridgehead atoms. The third kappa shape index (κ3) is 2.17. The topological polar surface area (TPSA) is 12.0 Å². The molecule has 1 N–H and O–H groups in total. The zero-order valence-corrected chi connectivity index (χ0v) is 8.54. The second-order valence-electron chi connectivity index (χ2n) is 4.08. The Morgan fingerprint density at radius 2 is 2.00 bits per heavy atom. The zero-order valence-electron chi connectivity index (χ0n) is 7.72. The van der Waals surface area contributed by atoms with Gasteiger partial charge >= 0.3 is 0 Å². The van der Waals surface area contributed by atoms with E-state index in [1.165, 1.54) is 50.3 Å². The molecule has 12 heavy (non-hydrogen) atoms. The maximum Gasteiger partial charge on any atom is -0.00176 e. The minimum absolute atomic E-state index is 1.01. The normalized spacial score (nSPS) is 38.0. The van der Waals surface area contributed by atoms with E-state index in [2.05, 4.69) is 17.1 Å². The summed E-state index contributed by atoms with van der Waals surface area (Å²) >= 11 is 2.17. The zero-order chi connectivity index (χ0) is 8.23. The third-order valence-electron chi connectivity index (χ3n) is 3.20. The molecule has 0 saturated carbocycles. The van der Waals surface area contributed by atoms with Crippen LogP contribution >= 0.6 is 11.8 Å². The first-order valence-electron chi connectivity index (χ1n) is 5.25. The Morgan fingerprint density at radius 1 is 1.08 bits per heavy atom. The minimum Gasteiger partial charge on any atom is -0.316 e. The fourth-order valence-electron chi connectivity index (χ4n) is 2.42. The van der Waals surface area contributed by atoms with Crippen LogP contribution in [0.5, 0.6) is 0 Å². The van der Waals surface area contributed by atoms with Crippen LogP contribution in [-0.4, -0.2) is 24.6 Å². The highest BCUT2D eigenvalue weighted by Gasteiger charge is 2.24. The van der Waals surface area contributed by atoms with Crippen molar-refractivity contribution in [3.05, 3.63) is 0 Å². The van der Waals surface area contributed by atoms with Gasteiger partial charge in [-0.05, 0) is 62.1 Å². The molecule has 2 atom stereocenters. The van der Waals surface area contributed by atoms with Crippen LogP contribution in [0.2, 0.25) is 0 Å². The van der Waals surface area contributed by atoms with Crippen LogP contribution in [0.25, 0.3) is 0 Å². The molecule has 2 heteroatoms. The molecule has 2 heterocycles. The van der Waals surface area contributed by atoms with Crippen molar-refractivity contribution in [3.63, 3.8) is 0 Å². The Balaban J connectivity index is 1.80. The van der Waals surface area contributed by atoms with Crippen LogP contribution in [-0.2, 0) is 0 Å². The Morgan fingerprint density at radius 3 is 2.67 bits per heavy atom. The van der Waals surface area contributed by atoms with E-state index in [1.54, 1.807) is 0 Å². The highest BCUT2D eigenvalue weighted by atomic mass is 32.2. The lowest BCUT2D eigenvalue weighted by molar-refractivity contribution is 0.268. The molecular formula is C10H19NS. The van der Waals surface area contributed by atoms with Gasteiger partial charge in [0.05, 0.1) is 0 Å². The fraction of sp³-hybridized carbons (Fsp3) is 1.00. The van der Waals surface area contributed by atoms with E-state index in [0.29, 0.717) is 0 Å². The van der Waals surface area contributed by atoms with Crippen LogP contribution in [0.15, 0.2) is 0 Å². The van der Waals surface area contributed by atoms with E-state index < -0.39 is 0 Å². The maximum absolute atomic E-state index is 3.52. The molecule has 1 nitrogen and oxygen atoms in total. The molecular weight excluding hydrogens is 166 g/mol. The predicted molar refractivity (Wildman–Crippen MR) is 55.6 cm³/mol. The van der Waals surface area contributed by atoms with Crippen molar-refractivity contribution in [3.8, 4) is 0 Å². The van der Waals surface area contributed by atoms with Gasteiger partial charge < -0.3 is 5.32 Å². The summed E-state index contributed by atoms with van der Waals surface area (Å²) in [5.74, 6) is 4.89.